The molecule has 3 rings (SSSR count). The maximum absolute atomic E-state index is 13.8. The summed E-state index contributed by atoms with van der Waals surface area (Å²) in [4.78, 5) is 27.8. The van der Waals surface area contributed by atoms with Crippen molar-refractivity contribution in [3.63, 3.8) is 0 Å². The summed E-state index contributed by atoms with van der Waals surface area (Å²) in [6.07, 6.45) is 0. The normalized spacial score (nSPS) is 12.2. The van der Waals surface area contributed by atoms with Gasteiger partial charge in [-0.25, -0.2) is 8.42 Å². The first-order valence-corrected chi connectivity index (χ1v) is 14.2. The molecular weight excluding hydrogens is 554 g/mol. The summed E-state index contributed by atoms with van der Waals surface area (Å²) in [5.41, 5.74) is 2.23. The summed E-state index contributed by atoms with van der Waals surface area (Å²) in [6.45, 7) is 5.40. The lowest BCUT2D eigenvalue weighted by Gasteiger charge is -2.32. The Kier molecular flexibility index (Phi) is 9.50. The average molecular weight is 587 g/mol. The van der Waals surface area contributed by atoms with Crippen LogP contribution >= 0.6 is 15.9 Å². The van der Waals surface area contributed by atoms with Crippen LogP contribution in [0.3, 0.4) is 0 Å². The fraction of sp³-hybridized carbons (Fsp3) is 0.286. The van der Waals surface area contributed by atoms with Crippen LogP contribution in [0.15, 0.2) is 88.2 Å². The van der Waals surface area contributed by atoms with Crippen molar-refractivity contribution in [3.05, 3.63) is 94.5 Å². The highest BCUT2D eigenvalue weighted by Crippen LogP contribution is 2.26. The van der Waals surface area contributed by atoms with Gasteiger partial charge < -0.3 is 10.2 Å². The summed E-state index contributed by atoms with van der Waals surface area (Å²) in [5, 5.41) is 2.58. The molecule has 0 aliphatic carbocycles. The SMILES string of the molecule is CNC(=O)[C@H](C)N(Cc1cccc(Br)c1)C(=O)CN(c1ccc(C(C)C)cc1)S(=O)(=O)c1ccccc1. The molecule has 1 N–H and O–H groups in total. The molecule has 2 amide bonds. The highest BCUT2D eigenvalue weighted by molar-refractivity contribution is 9.10. The maximum Gasteiger partial charge on any atom is 0.264 e. The van der Waals surface area contributed by atoms with Gasteiger partial charge in [-0.15, -0.1) is 0 Å². The first-order chi connectivity index (χ1) is 17.5. The summed E-state index contributed by atoms with van der Waals surface area (Å²) in [6, 6.07) is 21.8. The second-order valence-corrected chi connectivity index (χ2v) is 11.8. The lowest BCUT2D eigenvalue weighted by molar-refractivity contribution is -0.139. The molecule has 0 saturated heterocycles. The van der Waals surface area contributed by atoms with E-state index in [1.54, 1.807) is 37.3 Å². The minimum Gasteiger partial charge on any atom is -0.357 e. The van der Waals surface area contributed by atoms with E-state index in [0.29, 0.717) is 5.69 Å². The van der Waals surface area contributed by atoms with E-state index in [1.807, 2.05) is 36.4 Å². The molecule has 0 saturated carbocycles. The van der Waals surface area contributed by atoms with Crippen LogP contribution in [0.1, 0.15) is 37.8 Å². The number of carbonyl (C=O) groups is 2. The van der Waals surface area contributed by atoms with E-state index in [0.717, 1.165) is 19.9 Å². The van der Waals surface area contributed by atoms with Crippen molar-refractivity contribution < 1.29 is 18.0 Å². The number of halogens is 1. The Morgan fingerprint density at radius 2 is 1.57 bits per heavy atom. The fourth-order valence-electron chi connectivity index (χ4n) is 3.90. The number of rotatable bonds is 10. The summed E-state index contributed by atoms with van der Waals surface area (Å²) in [5.74, 6) is -0.574. The van der Waals surface area contributed by atoms with E-state index in [9.17, 15) is 18.0 Å². The molecule has 0 spiro atoms. The minimum atomic E-state index is -4.07. The summed E-state index contributed by atoms with van der Waals surface area (Å²) >= 11 is 3.44. The maximum atomic E-state index is 13.8. The zero-order chi connectivity index (χ0) is 27.2. The number of sulfonamides is 1. The zero-order valence-electron chi connectivity index (χ0n) is 21.4. The third-order valence-electron chi connectivity index (χ3n) is 6.11. The Balaban J connectivity index is 2.03. The van der Waals surface area contributed by atoms with Gasteiger partial charge in [0.15, 0.2) is 0 Å². The highest BCUT2D eigenvalue weighted by atomic mass is 79.9. The predicted molar refractivity (Wildman–Crippen MR) is 150 cm³/mol. The van der Waals surface area contributed by atoms with Crippen LogP contribution < -0.4 is 9.62 Å². The van der Waals surface area contributed by atoms with Crippen molar-refractivity contribution in [1.82, 2.24) is 10.2 Å². The Morgan fingerprint density at radius 1 is 0.919 bits per heavy atom. The van der Waals surface area contributed by atoms with Crippen molar-refractivity contribution in [3.8, 4) is 0 Å². The predicted octanol–water partition coefficient (Wildman–Crippen LogP) is 4.93. The van der Waals surface area contributed by atoms with Crippen LogP contribution in [0.2, 0.25) is 0 Å². The molecule has 3 aromatic rings. The number of benzene rings is 3. The van der Waals surface area contributed by atoms with Crippen LogP contribution in [0, 0.1) is 0 Å². The quantitative estimate of drug-likeness (QED) is 0.365. The molecule has 0 aliphatic rings. The lowest BCUT2D eigenvalue weighted by atomic mass is 10.0. The van der Waals surface area contributed by atoms with Crippen molar-refractivity contribution in [1.29, 1.82) is 0 Å². The van der Waals surface area contributed by atoms with Gasteiger partial charge in [0.25, 0.3) is 10.0 Å². The number of carbonyl (C=O) groups excluding carboxylic acids is 2. The smallest absolute Gasteiger partial charge is 0.264 e. The summed E-state index contributed by atoms with van der Waals surface area (Å²) < 4.78 is 29.4. The van der Waals surface area contributed by atoms with E-state index >= 15 is 0 Å². The second kappa shape index (κ2) is 12.4. The number of anilines is 1. The van der Waals surface area contributed by atoms with Crippen LogP contribution in [0.4, 0.5) is 5.69 Å². The van der Waals surface area contributed by atoms with E-state index in [4.69, 9.17) is 0 Å². The minimum absolute atomic E-state index is 0.0774. The Hall–Kier alpha value is -3.17. The molecular formula is C28H32BrN3O4S. The van der Waals surface area contributed by atoms with Gasteiger partial charge in [-0.2, -0.15) is 0 Å². The molecule has 0 aliphatic heterocycles. The fourth-order valence-corrected chi connectivity index (χ4v) is 5.78. The first kappa shape index (κ1) is 28.4. The molecule has 1 atom stereocenters. The summed E-state index contributed by atoms with van der Waals surface area (Å²) in [7, 11) is -2.57. The van der Waals surface area contributed by atoms with Gasteiger partial charge in [-0.1, -0.05) is 72.2 Å². The number of nitrogens with zero attached hydrogens (tertiary/aromatic N) is 2. The molecule has 37 heavy (non-hydrogen) atoms. The number of hydrogen-bond acceptors (Lipinski definition) is 4. The molecule has 0 bridgehead atoms. The molecule has 0 unspecified atom stereocenters. The lowest BCUT2D eigenvalue weighted by Crippen LogP contribution is -2.50. The molecule has 0 fully saturated rings. The van der Waals surface area contributed by atoms with Gasteiger partial charge in [-0.05, 0) is 60.4 Å². The van der Waals surface area contributed by atoms with Gasteiger partial charge in [0.05, 0.1) is 10.6 Å². The third-order valence-corrected chi connectivity index (χ3v) is 8.39. The zero-order valence-corrected chi connectivity index (χ0v) is 23.8. The van der Waals surface area contributed by atoms with Crippen LogP contribution in [0.25, 0.3) is 0 Å². The third kappa shape index (κ3) is 6.99. The highest BCUT2D eigenvalue weighted by Gasteiger charge is 2.32. The monoisotopic (exact) mass is 585 g/mol. The van der Waals surface area contributed by atoms with E-state index < -0.39 is 28.5 Å². The molecule has 0 radical (unpaired) electrons. The Labute approximate surface area is 227 Å². The number of nitrogens with one attached hydrogen (secondary N) is 1. The van der Waals surface area contributed by atoms with Gasteiger partial charge in [0.1, 0.15) is 12.6 Å². The van der Waals surface area contributed by atoms with Crippen molar-refractivity contribution in [2.45, 2.75) is 44.2 Å². The molecule has 3 aromatic carbocycles. The van der Waals surface area contributed by atoms with E-state index in [1.165, 1.54) is 24.1 Å². The number of hydrogen-bond donors (Lipinski definition) is 1. The van der Waals surface area contributed by atoms with Gasteiger partial charge in [0.2, 0.25) is 11.8 Å². The van der Waals surface area contributed by atoms with Crippen molar-refractivity contribution in [2.24, 2.45) is 0 Å². The molecule has 0 aromatic heterocycles. The second-order valence-electron chi connectivity index (χ2n) is 9.01. The average Bonchev–Trinajstić information content (AvgIpc) is 2.89. The topological polar surface area (TPSA) is 86.8 Å². The Morgan fingerprint density at radius 3 is 2.14 bits per heavy atom. The van der Waals surface area contributed by atoms with E-state index in [-0.39, 0.29) is 23.3 Å². The standard InChI is InChI=1S/C28H32BrN3O4S/c1-20(2)23-13-15-25(16-14-23)32(37(35,36)26-11-6-5-7-12-26)19-27(33)31(21(3)28(34)30-4)18-22-9-8-10-24(29)17-22/h5-17,20-21H,18-19H2,1-4H3,(H,30,34)/t21-/m0/s1. The first-order valence-electron chi connectivity index (χ1n) is 12.0. The Bertz CT molecular complexity index is 1330. The number of amides is 2. The van der Waals surface area contributed by atoms with E-state index in [2.05, 4.69) is 35.1 Å². The van der Waals surface area contributed by atoms with Crippen molar-refractivity contribution >= 4 is 43.5 Å². The largest absolute Gasteiger partial charge is 0.357 e. The van der Waals surface area contributed by atoms with Gasteiger partial charge in [-0.3, -0.25) is 13.9 Å². The van der Waals surface area contributed by atoms with Crippen molar-refractivity contribution in [2.75, 3.05) is 17.9 Å². The van der Waals surface area contributed by atoms with Gasteiger partial charge >= 0.3 is 0 Å². The molecule has 196 valence electrons. The van der Waals surface area contributed by atoms with Gasteiger partial charge in [0, 0.05) is 18.1 Å². The molecule has 9 heteroatoms. The number of likely N-dealkylation sites (N-methyl/N-ethyl adjacent to an activating group) is 1. The van der Waals surface area contributed by atoms with Crippen LogP contribution in [-0.4, -0.2) is 44.8 Å². The molecule has 0 heterocycles. The molecule has 7 nitrogen and oxygen atoms in total. The van der Waals surface area contributed by atoms with Crippen LogP contribution in [-0.2, 0) is 26.2 Å². The van der Waals surface area contributed by atoms with Crippen LogP contribution in [0.5, 0.6) is 0 Å².